The molecule has 0 amide bonds. The Labute approximate surface area is 44.5 Å². The summed E-state index contributed by atoms with van der Waals surface area (Å²) in [6.07, 6.45) is 8.61. The minimum atomic E-state index is 1.06. The Hall–Kier alpha value is -0.520. The summed E-state index contributed by atoms with van der Waals surface area (Å²) in [4.78, 5) is 0. The van der Waals surface area contributed by atoms with E-state index in [0.29, 0.717) is 0 Å². The van der Waals surface area contributed by atoms with Crippen molar-refractivity contribution in [2.75, 3.05) is 0 Å². The fraction of sp³-hybridized carbons (Fsp3) is 0.286. The van der Waals surface area contributed by atoms with E-state index in [-0.39, 0.29) is 0 Å². The highest BCUT2D eigenvalue weighted by Crippen LogP contribution is 2.07. The molecular weight excluding hydrogens is 84.1 g/mol. The lowest BCUT2D eigenvalue weighted by Crippen LogP contribution is -1.77. The van der Waals surface area contributed by atoms with E-state index in [1.807, 2.05) is 0 Å². The molecule has 0 aromatic carbocycles. The fourth-order valence-corrected chi connectivity index (χ4v) is 0.649. The van der Waals surface area contributed by atoms with E-state index in [1.165, 1.54) is 5.57 Å². The summed E-state index contributed by atoms with van der Waals surface area (Å²) >= 11 is 0. The maximum Gasteiger partial charge on any atom is -0.0138 e. The SMILES string of the molecule is [CH2]C1=CCC=CC1. The number of rotatable bonds is 0. The quantitative estimate of drug-likeness (QED) is 0.402. The second-order valence-electron chi connectivity index (χ2n) is 1.77. The van der Waals surface area contributed by atoms with Gasteiger partial charge in [0.05, 0.1) is 0 Å². The van der Waals surface area contributed by atoms with E-state index in [0.717, 1.165) is 12.8 Å². The molecule has 1 aliphatic carbocycles. The van der Waals surface area contributed by atoms with E-state index in [1.54, 1.807) is 0 Å². The summed E-state index contributed by atoms with van der Waals surface area (Å²) in [5, 5.41) is 0. The van der Waals surface area contributed by atoms with Gasteiger partial charge in [0.1, 0.15) is 0 Å². The molecule has 37 valence electrons. The van der Waals surface area contributed by atoms with Crippen LogP contribution in [0.4, 0.5) is 0 Å². The van der Waals surface area contributed by atoms with Gasteiger partial charge in [-0.05, 0) is 19.8 Å². The molecule has 7 heavy (non-hydrogen) atoms. The van der Waals surface area contributed by atoms with Gasteiger partial charge in [-0.3, -0.25) is 0 Å². The van der Waals surface area contributed by atoms with E-state index in [9.17, 15) is 0 Å². The molecule has 0 bridgehead atoms. The lowest BCUT2D eigenvalue weighted by Gasteiger charge is -1.97. The molecule has 0 spiro atoms. The van der Waals surface area contributed by atoms with Crippen LogP contribution in [0.5, 0.6) is 0 Å². The monoisotopic (exact) mass is 93.1 g/mol. The summed E-state index contributed by atoms with van der Waals surface area (Å²) in [5.41, 5.74) is 1.25. The zero-order chi connectivity index (χ0) is 5.11. The van der Waals surface area contributed by atoms with Gasteiger partial charge in [0.25, 0.3) is 0 Å². The largest absolute Gasteiger partial charge is 0.0844 e. The molecule has 0 unspecified atom stereocenters. The Morgan fingerprint density at radius 1 is 1.43 bits per heavy atom. The van der Waals surface area contributed by atoms with Crippen LogP contribution in [0.25, 0.3) is 0 Å². The maximum absolute atomic E-state index is 3.81. The summed E-state index contributed by atoms with van der Waals surface area (Å²) < 4.78 is 0. The van der Waals surface area contributed by atoms with Crippen molar-refractivity contribution in [2.45, 2.75) is 12.8 Å². The number of allylic oxidation sites excluding steroid dienone is 4. The van der Waals surface area contributed by atoms with E-state index in [2.05, 4.69) is 25.2 Å². The van der Waals surface area contributed by atoms with Gasteiger partial charge in [0, 0.05) is 0 Å². The molecule has 1 aliphatic rings. The normalized spacial score (nSPS) is 19.3. The predicted molar refractivity (Wildman–Crippen MR) is 31.8 cm³/mol. The Kier molecular flexibility index (Phi) is 1.30. The van der Waals surface area contributed by atoms with Gasteiger partial charge in [0.2, 0.25) is 0 Å². The molecule has 0 saturated carbocycles. The lowest BCUT2D eigenvalue weighted by molar-refractivity contribution is 1.16. The zero-order valence-corrected chi connectivity index (χ0v) is 4.35. The Morgan fingerprint density at radius 3 is 2.57 bits per heavy atom. The summed E-state index contributed by atoms with van der Waals surface area (Å²) in [5.74, 6) is 0. The minimum absolute atomic E-state index is 1.06. The van der Waals surface area contributed by atoms with Crippen molar-refractivity contribution >= 4 is 0 Å². The first-order valence-electron chi connectivity index (χ1n) is 2.55. The summed E-state index contributed by atoms with van der Waals surface area (Å²) in [7, 11) is 0. The molecule has 0 aliphatic heterocycles. The van der Waals surface area contributed by atoms with Crippen LogP contribution < -0.4 is 0 Å². The second-order valence-corrected chi connectivity index (χ2v) is 1.77. The van der Waals surface area contributed by atoms with Crippen LogP contribution in [0.1, 0.15) is 12.8 Å². The molecule has 1 rings (SSSR count). The molecule has 0 heterocycles. The van der Waals surface area contributed by atoms with E-state index in [4.69, 9.17) is 0 Å². The molecule has 1 radical (unpaired) electrons. The molecule has 0 atom stereocenters. The third-order valence-corrected chi connectivity index (χ3v) is 1.09. The summed E-state index contributed by atoms with van der Waals surface area (Å²) in [6, 6.07) is 0. The second kappa shape index (κ2) is 1.97. The third kappa shape index (κ3) is 1.19. The first-order valence-corrected chi connectivity index (χ1v) is 2.55. The van der Waals surface area contributed by atoms with E-state index >= 15 is 0 Å². The van der Waals surface area contributed by atoms with Gasteiger partial charge in [-0.25, -0.2) is 0 Å². The fourth-order valence-electron chi connectivity index (χ4n) is 0.649. The molecule has 0 aromatic rings. The molecular formula is C7H9. The molecule has 0 nitrogen and oxygen atoms in total. The van der Waals surface area contributed by atoms with Gasteiger partial charge in [-0.1, -0.05) is 23.8 Å². The highest BCUT2D eigenvalue weighted by atomic mass is 13.9. The van der Waals surface area contributed by atoms with Crippen molar-refractivity contribution in [1.82, 2.24) is 0 Å². The van der Waals surface area contributed by atoms with Crippen molar-refractivity contribution in [3.05, 3.63) is 30.7 Å². The van der Waals surface area contributed by atoms with Crippen molar-refractivity contribution < 1.29 is 0 Å². The van der Waals surface area contributed by atoms with Crippen LogP contribution in [-0.4, -0.2) is 0 Å². The Balaban J connectivity index is 2.50. The minimum Gasteiger partial charge on any atom is -0.0844 e. The van der Waals surface area contributed by atoms with Gasteiger partial charge >= 0.3 is 0 Å². The standard InChI is InChI=1S/C7H9/c1-7-5-3-2-4-6-7/h2-3,6H,1,4-5H2. The van der Waals surface area contributed by atoms with Crippen LogP contribution in [0.3, 0.4) is 0 Å². The molecule has 0 fully saturated rings. The smallest absolute Gasteiger partial charge is 0.0138 e. The van der Waals surface area contributed by atoms with Gasteiger partial charge in [-0.15, -0.1) is 0 Å². The lowest BCUT2D eigenvalue weighted by atomic mass is 10.1. The van der Waals surface area contributed by atoms with Gasteiger partial charge in [-0.2, -0.15) is 0 Å². The molecule has 0 N–H and O–H groups in total. The van der Waals surface area contributed by atoms with Crippen molar-refractivity contribution in [3.8, 4) is 0 Å². The average molecular weight is 93.1 g/mol. The van der Waals surface area contributed by atoms with Crippen LogP contribution in [0.15, 0.2) is 23.8 Å². The van der Waals surface area contributed by atoms with Crippen molar-refractivity contribution in [1.29, 1.82) is 0 Å². The van der Waals surface area contributed by atoms with Crippen LogP contribution in [-0.2, 0) is 0 Å². The van der Waals surface area contributed by atoms with Crippen LogP contribution in [0, 0.1) is 6.92 Å². The maximum atomic E-state index is 3.81. The Bertz CT molecular complexity index is 107. The van der Waals surface area contributed by atoms with Crippen molar-refractivity contribution in [3.63, 3.8) is 0 Å². The van der Waals surface area contributed by atoms with Gasteiger partial charge in [0.15, 0.2) is 0 Å². The van der Waals surface area contributed by atoms with Crippen LogP contribution >= 0.6 is 0 Å². The average Bonchev–Trinajstić information content (AvgIpc) is 1.69. The third-order valence-electron chi connectivity index (χ3n) is 1.09. The molecule has 0 saturated heterocycles. The summed E-state index contributed by atoms with van der Waals surface area (Å²) in [6.45, 7) is 3.81. The molecule has 0 aromatic heterocycles. The number of hydrogen-bond donors (Lipinski definition) is 0. The highest BCUT2D eigenvalue weighted by Gasteiger charge is 1.87. The molecule has 0 heteroatoms. The van der Waals surface area contributed by atoms with Crippen molar-refractivity contribution in [2.24, 2.45) is 0 Å². The number of hydrogen-bond acceptors (Lipinski definition) is 0. The first kappa shape index (κ1) is 4.63. The zero-order valence-electron chi connectivity index (χ0n) is 4.35. The predicted octanol–water partition coefficient (Wildman–Crippen LogP) is 2.10. The topological polar surface area (TPSA) is 0 Å². The van der Waals surface area contributed by atoms with Gasteiger partial charge < -0.3 is 0 Å². The first-order chi connectivity index (χ1) is 3.39. The van der Waals surface area contributed by atoms with Crippen LogP contribution in [0.2, 0.25) is 0 Å². The highest BCUT2D eigenvalue weighted by molar-refractivity contribution is 5.16. The Morgan fingerprint density at radius 2 is 2.29 bits per heavy atom. The van der Waals surface area contributed by atoms with E-state index < -0.39 is 0 Å².